The predicted molar refractivity (Wildman–Crippen MR) is 76.2 cm³/mol. The highest BCUT2D eigenvalue weighted by Crippen LogP contribution is 2.30. The number of benzene rings is 1. The first-order valence-electron chi connectivity index (χ1n) is 6.71. The Morgan fingerprint density at radius 3 is 2.95 bits per heavy atom. The third-order valence-electron chi connectivity index (χ3n) is 3.56. The minimum atomic E-state index is -0.173. The summed E-state index contributed by atoms with van der Waals surface area (Å²) in [5.74, 6) is 0.479. The Morgan fingerprint density at radius 2 is 2.16 bits per heavy atom. The normalized spacial score (nSPS) is 16.7. The Hall–Kier alpha value is -1.26. The number of hydrogen-bond donors (Lipinski definition) is 1. The molecule has 0 amide bonds. The average molecular weight is 276 g/mol. The minimum Gasteiger partial charge on any atom is -0.317 e. The van der Waals surface area contributed by atoms with Crippen molar-refractivity contribution in [2.75, 3.05) is 13.1 Å². The van der Waals surface area contributed by atoms with Crippen molar-refractivity contribution < 1.29 is 4.39 Å². The van der Waals surface area contributed by atoms with Crippen molar-refractivity contribution in [3.63, 3.8) is 0 Å². The first-order valence-corrected chi connectivity index (χ1v) is 7.52. The van der Waals surface area contributed by atoms with Gasteiger partial charge in [-0.15, -0.1) is 11.3 Å². The summed E-state index contributed by atoms with van der Waals surface area (Å²) in [5, 5.41) is 4.46. The predicted octanol–water partition coefficient (Wildman–Crippen LogP) is 3.34. The van der Waals surface area contributed by atoms with E-state index in [1.807, 2.05) is 12.3 Å². The molecule has 0 saturated carbocycles. The molecule has 3 rings (SSSR count). The van der Waals surface area contributed by atoms with Crippen LogP contribution in [0.5, 0.6) is 0 Å². The van der Waals surface area contributed by atoms with Crippen LogP contribution in [0.25, 0.3) is 0 Å². The van der Waals surface area contributed by atoms with Crippen LogP contribution in [0.3, 0.4) is 0 Å². The van der Waals surface area contributed by atoms with E-state index < -0.39 is 0 Å². The Labute approximate surface area is 116 Å². The Kier molecular flexibility index (Phi) is 3.89. The van der Waals surface area contributed by atoms with Crippen molar-refractivity contribution in [3.05, 3.63) is 51.7 Å². The van der Waals surface area contributed by atoms with Crippen LogP contribution in [0.2, 0.25) is 0 Å². The van der Waals surface area contributed by atoms with Gasteiger partial charge in [0.1, 0.15) is 5.82 Å². The highest BCUT2D eigenvalue weighted by atomic mass is 32.1. The Bertz CT molecular complexity index is 547. The van der Waals surface area contributed by atoms with Crippen LogP contribution in [0.4, 0.5) is 4.39 Å². The third-order valence-corrected chi connectivity index (χ3v) is 4.72. The van der Waals surface area contributed by atoms with Crippen LogP contribution in [0.1, 0.15) is 34.2 Å². The molecule has 0 aliphatic carbocycles. The largest absolute Gasteiger partial charge is 0.317 e. The van der Waals surface area contributed by atoms with Crippen molar-refractivity contribution in [2.45, 2.75) is 25.2 Å². The second kappa shape index (κ2) is 5.80. The molecule has 2 aromatic rings. The van der Waals surface area contributed by atoms with Gasteiger partial charge in [-0.1, -0.05) is 12.1 Å². The van der Waals surface area contributed by atoms with Crippen molar-refractivity contribution in [2.24, 2.45) is 0 Å². The maximum Gasteiger partial charge on any atom is 0.123 e. The first kappa shape index (κ1) is 12.8. The fourth-order valence-corrected chi connectivity index (χ4v) is 3.65. The summed E-state index contributed by atoms with van der Waals surface area (Å²) in [6.45, 7) is 2.20. The van der Waals surface area contributed by atoms with Crippen molar-refractivity contribution in [3.8, 4) is 0 Å². The van der Waals surface area contributed by atoms with E-state index in [0.29, 0.717) is 5.92 Å². The van der Waals surface area contributed by atoms with E-state index in [1.165, 1.54) is 23.8 Å². The summed E-state index contributed by atoms with van der Waals surface area (Å²) >= 11 is 1.78. The SMILES string of the molecule is Fc1cccc(Cc2ncc(C3CCNCC3)s2)c1. The van der Waals surface area contributed by atoms with E-state index >= 15 is 0 Å². The topological polar surface area (TPSA) is 24.9 Å². The molecule has 1 aromatic heterocycles. The van der Waals surface area contributed by atoms with Gasteiger partial charge in [-0.05, 0) is 49.5 Å². The zero-order chi connectivity index (χ0) is 13.1. The van der Waals surface area contributed by atoms with Crippen LogP contribution < -0.4 is 5.32 Å². The summed E-state index contributed by atoms with van der Waals surface area (Å²) < 4.78 is 13.1. The molecule has 4 heteroatoms. The van der Waals surface area contributed by atoms with E-state index in [-0.39, 0.29) is 5.82 Å². The fourth-order valence-electron chi connectivity index (χ4n) is 2.52. The smallest absolute Gasteiger partial charge is 0.123 e. The quantitative estimate of drug-likeness (QED) is 0.930. The molecular weight excluding hydrogens is 259 g/mol. The lowest BCUT2D eigenvalue weighted by Crippen LogP contribution is -2.26. The van der Waals surface area contributed by atoms with E-state index in [9.17, 15) is 4.39 Å². The summed E-state index contributed by atoms with van der Waals surface area (Å²) in [5.41, 5.74) is 0.992. The number of nitrogens with zero attached hydrogens (tertiary/aromatic N) is 1. The zero-order valence-electron chi connectivity index (χ0n) is 10.7. The highest BCUT2D eigenvalue weighted by Gasteiger charge is 2.17. The monoisotopic (exact) mass is 276 g/mol. The molecule has 1 aliphatic heterocycles. The maximum atomic E-state index is 13.1. The molecule has 2 nitrogen and oxygen atoms in total. The first-order chi connectivity index (χ1) is 9.31. The second-order valence-corrected chi connectivity index (χ2v) is 6.13. The zero-order valence-corrected chi connectivity index (χ0v) is 11.5. The molecular formula is C15H17FN2S. The maximum absolute atomic E-state index is 13.1. The van der Waals surface area contributed by atoms with Gasteiger partial charge < -0.3 is 5.32 Å². The molecule has 100 valence electrons. The molecule has 2 heterocycles. The number of halogens is 1. The number of piperidine rings is 1. The van der Waals surface area contributed by atoms with Crippen molar-refractivity contribution in [1.82, 2.24) is 10.3 Å². The van der Waals surface area contributed by atoms with Gasteiger partial charge in [-0.25, -0.2) is 9.37 Å². The van der Waals surface area contributed by atoms with E-state index in [2.05, 4.69) is 10.3 Å². The minimum absolute atomic E-state index is 0.173. The summed E-state index contributed by atoms with van der Waals surface area (Å²) in [6.07, 6.45) is 5.13. The molecule has 1 saturated heterocycles. The van der Waals surface area contributed by atoms with Gasteiger partial charge >= 0.3 is 0 Å². The van der Waals surface area contributed by atoms with Crippen LogP contribution in [-0.2, 0) is 6.42 Å². The molecule has 0 radical (unpaired) electrons. The number of thiazole rings is 1. The molecule has 1 fully saturated rings. The number of hydrogen-bond acceptors (Lipinski definition) is 3. The number of rotatable bonds is 3. The molecule has 1 N–H and O–H groups in total. The molecule has 0 bridgehead atoms. The molecule has 0 spiro atoms. The molecule has 1 aromatic carbocycles. The van der Waals surface area contributed by atoms with Crippen molar-refractivity contribution >= 4 is 11.3 Å². The standard InChI is InChI=1S/C15H17FN2S/c16-13-3-1-2-11(8-13)9-15-18-10-14(19-15)12-4-6-17-7-5-12/h1-3,8,10,12,17H,4-7,9H2. The van der Waals surface area contributed by atoms with Gasteiger partial charge in [0.25, 0.3) is 0 Å². The van der Waals surface area contributed by atoms with Gasteiger partial charge in [0, 0.05) is 17.5 Å². The van der Waals surface area contributed by atoms with E-state index in [4.69, 9.17) is 0 Å². The number of nitrogens with one attached hydrogen (secondary N) is 1. The Morgan fingerprint density at radius 1 is 1.32 bits per heavy atom. The summed E-state index contributed by atoms with van der Waals surface area (Å²) in [6, 6.07) is 6.78. The van der Waals surface area contributed by atoms with Gasteiger partial charge in [0.2, 0.25) is 0 Å². The van der Waals surface area contributed by atoms with Gasteiger partial charge in [-0.3, -0.25) is 0 Å². The van der Waals surface area contributed by atoms with Crippen LogP contribution in [0.15, 0.2) is 30.5 Å². The molecule has 0 unspecified atom stereocenters. The number of aromatic nitrogens is 1. The lowest BCUT2D eigenvalue weighted by molar-refractivity contribution is 0.465. The average Bonchev–Trinajstić information content (AvgIpc) is 2.88. The van der Waals surface area contributed by atoms with Crippen molar-refractivity contribution in [1.29, 1.82) is 0 Å². The molecule has 19 heavy (non-hydrogen) atoms. The van der Waals surface area contributed by atoms with Crippen LogP contribution >= 0.6 is 11.3 Å². The Balaban J connectivity index is 1.70. The lowest BCUT2D eigenvalue weighted by Gasteiger charge is -2.20. The van der Waals surface area contributed by atoms with Gasteiger partial charge in [0.05, 0.1) is 5.01 Å². The highest BCUT2D eigenvalue weighted by molar-refractivity contribution is 7.11. The second-order valence-electron chi connectivity index (χ2n) is 4.99. The fraction of sp³-hybridized carbons (Fsp3) is 0.400. The van der Waals surface area contributed by atoms with Crippen LogP contribution in [0, 0.1) is 5.82 Å². The molecule has 1 aliphatic rings. The summed E-state index contributed by atoms with van der Waals surface area (Å²) in [4.78, 5) is 5.87. The lowest BCUT2D eigenvalue weighted by atomic mass is 9.97. The van der Waals surface area contributed by atoms with E-state index in [0.717, 1.165) is 30.1 Å². The van der Waals surface area contributed by atoms with Gasteiger partial charge in [-0.2, -0.15) is 0 Å². The summed E-state index contributed by atoms with van der Waals surface area (Å²) in [7, 11) is 0. The van der Waals surface area contributed by atoms with Crippen LogP contribution in [-0.4, -0.2) is 18.1 Å². The molecule has 0 atom stereocenters. The third kappa shape index (κ3) is 3.19. The van der Waals surface area contributed by atoms with E-state index in [1.54, 1.807) is 23.5 Å². The van der Waals surface area contributed by atoms with Gasteiger partial charge in [0.15, 0.2) is 0 Å².